The maximum Gasteiger partial charge on any atom is 0.407 e. The lowest BCUT2D eigenvalue weighted by atomic mass is 9.77. The van der Waals surface area contributed by atoms with E-state index in [1.807, 2.05) is 44.2 Å². The minimum absolute atomic E-state index is 0.286. The number of rotatable bonds is 7. The lowest BCUT2D eigenvalue weighted by molar-refractivity contribution is 0.0198. The fourth-order valence-electron chi connectivity index (χ4n) is 3.65. The minimum Gasteiger partial charge on any atom is -0.445 e. The molecule has 1 aromatic carbocycles. The Bertz CT molecular complexity index is 581. The highest BCUT2D eigenvalue weighted by Crippen LogP contribution is 2.34. The molecule has 6 heteroatoms. The molecule has 0 aliphatic heterocycles. The molecule has 0 radical (unpaired) electrons. The van der Waals surface area contributed by atoms with E-state index in [9.17, 15) is 9.59 Å². The first-order valence-corrected chi connectivity index (χ1v) is 9.27. The molecule has 1 aliphatic rings. The monoisotopic (exact) mass is 362 g/mol. The van der Waals surface area contributed by atoms with E-state index in [1.165, 1.54) is 0 Å². The Morgan fingerprint density at radius 3 is 2.35 bits per heavy atom. The molecule has 0 bridgehead atoms. The Kier molecular flexibility index (Phi) is 7.30. The molecule has 1 fully saturated rings. The number of hydrogen-bond acceptors (Lipinski definition) is 4. The largest absolute Gasteiger partial charge is 0.445 e. The Hall–Kier alpha value is -2.24. The first kappa shape index (κ1) is 20.1. The van der Waals surface area contributed by atoms with Crippen LogP contribution in [0.4, 0.5) is 9.59 Å². The van der Waals surface area contributed by atoms with Crippen molar-refractivity contribution in [2.75, 3.05) is 6.54 Å². The fraction of sp³-hybridized carbons (Fsp3) is 0.600. The van der Waals surface area contributed by atoms with E-state index in [0.29, 0.717) is 18.4 Å². The van der Waals surface area contributed by atoms with Crippen LogP contribution in [0.25, 0.3) is 0 Å². The molecule has 0 atom stereocenters. The zero-order chi connectivity index (χ0) is 19.0. The number of ether oxygens (including phenoxy) is 2. The summed E-state index contributed by atoms with van der Waals surface area (Å²) < 4.78 is 10.4. The molecule has 0 heterocycles. The van der Waals surface area contributed by atoms with Crippen LogP contribution in [-0.4, -0.2) is 24.3 Å². The molecule has 2 rings (SSSR count). The van der Waals surface area contributed by atoms with Crippen LogP contribution in [0, 0.1) is 11.8 Å². The Morgan fingerprint density at radius 1 is 1.12 bits per heavy atom. The minimum atomic E-state index is -0.720. The molecule has 144 valence electrons. The van der Waals surface area contributed by atoms with Crippen LogP contribution in [0.15, 0.2) is 30.3 Å². The van der Waals surface area contributed by atoms with Crippen molar-refractivity contribution in [2.24, 2.45) is 17.6 Å². The van der Waals surface area contributed by atoms with Crippen molar-refractivity contribution in [3.8, 4) is 0 Å². The highest BCUT2D eigenvalue weighted by atomic mass is 16.6. The van der Waals surface area contributed by atoms with Crippen molar-refractivity contribution in [2.45, 2.75) is 58.2 Å². The van der Waals surface area contributed by atoms with Crippen LogP contribution in [-0.2, 0) is 16.1 Å². The number of primary amides is 1. The molecule has 1 saturated carbocycles. The zero-order valence-corrected chi connectivity index (χ0v) is 15.7. The van der Waals surface area contributed by atoms with Gasteiger partial charge >= 0.3 is 12.2 Å². The predicted octanol–water partition coefficient (Wildman–Crippen LogP) is 3.98. The number of amides is 2. The van der Waals surface area contributed by atoms with Gasteiger partial charge in [-0.3, -0.25) is 0 Å². The second-order valence-electron chi connectivity index (χ2n) is 7.71. The highest BCUT2D eigenvalue weighted by Gasteiger charge is 2.29. The van der Waals surface area contributed by atoms with Gasteiger partial charge in [0.15, 0.2) is 0 Å². The van der Waals surface area contributed by atoms with Gasteiger partial charge < -0.3 is 20.5 Å². The van der Waals surface area contributed by atoms with Crippen molar-refractivity contribution in [3.63, 3.8) is 0 Å². The molecule has 0 aromatic heterocycles. The number of nitrogens with one attached hydrogen (secondary N) is 1. The molecule has 1 aliphatic carbocycles. The van der Waals surface area contributed by atoms with Crippen molar-refractivity contribution >= 4 is 12.2 Å². The molecule has 0 saturated heterocycles. The maximum atomic E-state index is 11.8. The van der Waals surface area contributed by atoms with E-state index in [0.717, 1.165) is 37.7 Å². The van der Waals surface area contributed by atoms with E-state index >= 15 is 0 Å². The highest BCUT2D eigenvalue weighted by molar-refractivity contribution is 5.67. The van der Waals surface area contributed by atoms with Crippen LogP contribution >= 0.6 is 0 Å². The smallest absolute Gasteiger partial charge is 0.407 e. The third-order valence-electron chi connectivity index (χ3n) is 4.87. The average molecular weight is 362 g/mol. The Labute approximate surface area is 155 Å². The first-order chi connectivity index (χ1) is 12.3. The number of carbonyl (C=O) groups is 2. The standard InChI is InChI=1S/C20H30N2O4/c1-20(2,26-18(21)23)12-15-8-10-16(11-9-15)13-22-19(24)25-14-17-6-4-3-5-7-17/h3-7,15-16H,8-14H2,1-2H3,(H2,21,23)(H,22,24)/t15-,16+. The predicted molar refractivity (Wildman–Crippen MR) is 99.4 cm³/mol. The van der Waals surface area contributed by atoms with Gasteiger partial charge in [0.25, 0.3) is 0 Å². The van der Waals surface area contributed by atoms with Gasteiger partial charge in [-0.15, -0.1) is 0 Å². The Morgan fingerprint density at radius 2 is 1.73 bits per heavy atom. The number of hydrogen-bond donors (Lipinski definition) is 2. The zero-order valence-electron chi connectivity index (χ0n) is 15.7. The third-order valence-corrected chi connectivity index (χ3v) is 4.87. The van der Waals surface area contributed by atoms with Gasteiger partial charge in [0, 0.05) is 6.54 Å². The number of carbonyl (C=O) groups excluding carboxylic acids is 2. The van der Waals surface area contributed by atoms with E-state index in [4.69, 9.17) is 15.2 Å². The fourth-order valence-corrected chi connectivity index (χ4v) is 3.65. The summed E-state index contributed by atoms with van der Waals surface area (Å²) in [5.41, 5.74) is 5.57. The van der Waals surface area contributed by atoms with E-state index in [2.05, 4.69) is 5.32 Å². The summed E-state index contributed by atoms with van der Waals surface area (Å²) in [6, 6.07) is 9.63. The summed E-state index contributed by atoms with van der Waals surface area (Å²) >= 11 is 0. The number of alkyl carbamates (subject to hydrolysis) is 1. The molecule has 2 amide bonds. The number of benzene rings is 1. The lowest BCUT2D eigenvalue weighted by Crippen LogP contribution is -2.35. The van der Waals surface area contributed by atoms with Crippen molar-refractivity contribution in [3.05, 3.63) is 35.9 Å². The maximum absolute atomic E-state index is 11.8. The van der Waals surface area contributed by atoms with Crippen LogP contribution in [0.3, 0.4) is 0 Å². The molecule has 6 nitrogen and oxygen atoms in total. The van der Waals surface area contributed by atoms with E-state index < -0.39 is 11.7 Å². The van der Waals surface area contributed by atoms with Crippen molar-refractivity contribution in [1.29, 1.82) is 0 Å². The van der Waals surface area contributed by atoms with Crippen LogP contribution in [0.5, 0.6) is 0 Å². The SMILES string of the molecule is CC(C)(C[C@H]1CC[C@@H](CNC(=O)OCc2ccccc2)CC1)OC(N)=O. The summed E-state index contributed by atoms with van der Waals surface area (Å²) in [5, 5.41) is 2.86. The molecule has 0 unspecified atom stereocenters. The summed E-state index contributed by atoms with van der Waals surface area (Å²) in [7, 11) is 0. The van der Waals surface area contributed by atoms with Crippen LogP contribution < -0.4 is 11.1 Å². The topological polar surface area (TPSA) is 90.7 Å². The quantitative estimate of drug-likeness (QED) is 0.767. The van der Waals surface area contributed by atoms with Crippen LogP contribution in [0.1, 0.15) is 51.5 Å². The molecular weight excluding hydrogens is 332 g/mol. The second kappa shape index (κ2) is 9.46. The lowest BCUT2D eigenvalue weighted by Gasteiger charge is -2.33. The molecule has 0 spiro atoms. The van der Waals surface area contributed by atoms with Gasteiger partial charge in [0.05, 0.1) is 0 Å². The van der Waals surface area contributed by atoms with Gasteiger partial charge in [0.1, 0.15) is 12.2 Å². The van der Waals surface area contributed by atoms with Crippen molar-refractivity contribution < 1.29 is 19.1 Å². The molecular formula is C20H30N2O4. The molecule has 3 N–H and O–H groups in total. The van der Waals surface area contributed by atoms with Crippen LogP contribution in [0.2, 0.25) is 0 Å². The summed E-state index contributed by atoms with van der Waals surface area (Å²) in [4.78, 5) is 22.8. The molecule has 1 aromatic rings. The van der Waals surface area contributed by atoms with E-state index in [1.54, 1.807) is 0 Å². The normalized spacial score (nSPS) is 20.2. The first-order valence-electron chi connectivity index (χ1n) is 9.27. The summed E-state index contributed by atoms with van der Waals surface area (Å²) in [6.07, 6.45) is 3.96. The van der Waals surface area contributed by atoms with Gasteiger partial charge in [0.2, 0.25) is 0 Å². The number of nitrogens with two attached hydrogens (primary N) is 1. The summed E-state index contributed by atoms with van der Waals surface area (Å²) in [6.45, 7) is 4.72. The van der Waals surface area contributed by atoms with Gasteiger partial charge in [-0.1, -0.05) is 30.3 Å². The van der Waals surface area contributed by atoms with Gasteiger partial charge in [-0.25, -0.2) is 9.59 Å². The van der Waals surface area contributed by atoms with E-state index in [-0.39, 0.29) is 12.7 Å². The van der Waals surface area contributed by atoms with Gasteiger partial charge in [-0.05, 0) is 63.4 Å². The average Bonchev–Trinajstić information content (AvgIpc) is 2.59. The molecule has 26 heavy (non-hydrogen) atoms. The van der Waals surface area contributed by atoms with Crippen molar-refractivity contribution in [1.82, 2.24) is 5.32 Å². The second-order valence-corrected chi connectivity index (χ2v) is 7.71. The third kappa shape index (κ3) is 7.33. The summed E-state index contributed by atoms with van der Waals surface area (Å²) in [5.74, 6) is 0.987. The van der Waals surface area contributed by atoms with Gasteiger partial charge in [-0.2, -0.15) is 0 Å². The Balaban J connectivity index is 1.62.